The lowest BCUT2D eigenvalue weighted by atomic mass is 10.2. The van der Waals surface area contributed by atoms with Gasteiger partial charge in [0, 0.05) is 12.6 Å². The molecule has 0 saturated heterocycles. The smallest absolute Gasteiger partial charge is 0.277 e. The topological polar surface area (TPSA) is 59.9 Å². The Morgan fingerprint density at radius 2 is 1.77 bits per heavy atom. The van der Waals surface area contributed by atoms with Gasteiger partial charge in [-0.25, -0.2) is 5.43 Å². The maximum absolute atomic E-state index is 11.6. The summed E-state index contributed by atoms with van der Waals surface area (Å²) in [5.41, 5.74) is 3.56. The van der Waals surface area contributed by atoms with Gasteiger partial charge >= 0.3 is 0 Å². The van der Waals surface area contributed by atoms with Crippen LogP contribution in [0, 0.1) is 0 Å². The molecule has 5 heteroatoms. The fourth-order valence-electron chi connectivity index (χ4n) is 1.74. The van der Waals surface area contributed by atoms with E-state index in [9.17, 15) is 4.79 Å². The van der Waals surface area contributed by atoms with Crippen LogP contribution in [0.25, 0.3) is 0 Å². The first-order valence-corrected chi connectivity index (χ1v) is 6.89. The lowest BCUT2D eigenvalue weighted by Crippen LogP contribution is -2.24. The van der Waals surface area contributed by atoms with Crippen LogP contribution in [0.5, 0.6) is 11.5 Å². The van der Waals surface area contributed by atoms with E-state index in [1.807, 2.05) is 30.3 Å². The molecule has 2 rings (SSSR count). The molecule has 114 valence electrons. The van der Waals surface area contributed by atoms with Crippen LogP contribution in [0.3, 0.4) is 0 Å². The number of methoxy groups -OCH3 is 1. The lowest BCUT2D eigenvalue weighted by molar-refractivity contribution is -0.123. The first-order chi connectivity index (χ1) is 10.8. The number of amides is 1. The number of nitrogens with zero attached hydrogens (tertiary/aromatic N) is 1. The van der Waals surface area contributed by atoms with E-state index >= 15 is 0 Å². The first kappa shape index (κ1) is 15.6. The Bertz CT molecular complexity index is 610. The molecule has 0 bridgehead atoms. The standard InChI is InChI=1S/C17H18N2O3/c1-21-15-7-9-16(10-8-15)22-13-17(20)19-18-12-11-14-5-3-2-4-6-14/h2-10,12H,11,13H2,1H3,(H,19,20). The third-order valence-corrected chi connectivity index (χ3v) is 2.88. The van der Waals surface area contributed by atoms with Gasteiger partial charge in [0.2, 0.25) is 0 Å². The number of hydrogen-bond acceptors (Lipinski definition) is 4. The molecule has 1 amide bonds. The van der Waals surface area contributed by atoms with Gasteiger partial charge in [0.05, 0.1) is 7.11 Å². The minimum Gasteiger partial charge on any atom is -0.497 e. The van der Waals surface area contributed by atoms with Crippen molar-refractivity contribution in [3.8, 4) is 11.5 Å². The van der Waals surface area contributed by atoms with Crippen LogP contribution >= 0.6 is 0 Å². The second-order valence-electron chi connectivity index (χ2n) is 4.50. The van der Waals surface area contributed by atoms with Gasteiger partial charge in [-0.2, -0.15) is 5.10 Å². The average molecular weight is 298 g/mol. The van der Waals surface area contributed by atoms with E-state index in [0.29, 0.717) is 12.2 Å². The van der Waals surface area contributed by atoms with E-state index < -0.39 is 0 Å². The largest absolute Gasteiger partial charge is 0.497 e. The van der Waals surface area contributed by atoms with Crippen molar-refractivity contribution in [2.45, 2.75) is 6.42 Å². The zero-order valence-electron chi connectivity index (χ0n) is 12.4. The van der Waals surface area contributed by atoms with Gasteiger partial charge < -0.3 is 9.47 Å². The summed E-state index contributed by atoms with van der Waals surface area (Å²) in [6, 6.07) is 16.9. The van der Waals surface area contributed by atoms with Crippen molar-refractivity contribution in [1.29, 1.82) is 0 Å². The van der Waals surface area contributed by atoms with Crippen molar-refractivity contribution in [3.05, 3.63) is 60.2 Å². The quantitative estimate of drug-likeness (QED) is 0.631. The average Bonchev–Trinajstić information content (AvgIpc) is 2.58. The van der Waals surface area contributed by atoms with Gasteiger partial charge in [0.15, 0.2) is 6.61 Å². The Balaban J connectivity index is 1.69. The summed E-state index contributed by atoms with van der Waals surface area (Å²) in [6.07, 6.45) is 2.32. The van der Waals surface area contributed by atoms with E-state index in [0.717, 1.165) is 11.3 Å². The molecule has 0 fully saturated rings. The number of carbonyl (C=O) groups excluding carboxylic acids is 1. The number of nitrogens with one attached hydrogen (secondary N) is 1. The predicted octanol–water partition coefficient (Wildman–Crippen LogP) is 2.42. The molecule has 0 aliphatic rings. The van der Waals surface area contributed by atoms with Gasteiger partial charge in [0.25, 0.3) is 5.91 Å². The number of hydrogen-bond donors (Lipinski definition) is 1. The Labute approximate surface area is 129 Å². The Morgan fingerprint density at radius 3 is 2.45 bits per heavy atom. The maximum atomic E-state index is 11.6. The maximum Gasteiger partial charge on any atom is 0.277 e. The molecule has 22 heavy (non-hydrogen) atoms. The minimum atomic E-state index is -0.305. The fourth-order valence-corrected chi connectivity index (χ4v) is 1.74. The summed E-state index contributed by atoms with van der Waals surface area (Å²) in [6.45, 7) is -0.0883. The second kappa shape index (κ2) is 8.46. The lowest BCUT2D eigenvalue weighted by Gasteiger charge is -2.05. The SMILES string of the molecule is COc1ccc(OCC(=O)NN=CCc2ccccc2)cc1. The first-order valence-electron chi connectivity index (χ1n) is 6.89. The highest BCUT2D eigenvalue weighted by atomic mass is 16.5. The number of carbonyl (C=O) groups is 1. The van der Waals surface area contributed by atoms with E-state index in [4.69, 9.17) is 9.47 Å². The Kier molecular flexibility index (Phi) is 5.99. The molecule has 1 N–H and O–H groups in total. The summed E-state index contributed by atoms with van der Waals surface area (Å²) in [7, 11) is 1.59. The normalized spacial score (nSPS) is 10.4. The molecule has 0 saturated carbocycles. The molecular formula is C17H18N2O3. The highest BCUT2D eigenvalue weighted by Gasteiger charge is 2.01. The molecule has 0 unspecified atom stereocenters. The highest BCUT2D eigenvalue weighted by molar-refractivity contribution is 5.78. The number of hydrazone groups is 1. The second-order valence-corrected chi connectivity index (χ2v) is 4.50. The molecule has 0 spiro atoms. The van der Waals surface area contributed by atoms with E-state index in [2.05, 4.69) is 10.5 Å². The molecule has 0 aromatic heterocycles. The van der Waals surface area contributed by atoms with Crippen molar-refractivity contribution in [1.82, 2.24) is 5.43 Å². The van der Waals surface area contributed by atoms with Gasteiger partial charge in [-0.3, -0.25) is 4.79 Å². The van der Waals surface area contributed by atoms with Crippen molar-refractivity contribution in [2.75, 3.05) is 13.7 Å². The molecule has 0 atom stereocenters. The summed E-state index contributed by atoms with van der Waals surface area (Å²) in [4.78, 5) is 11.6. The molecule has 2 aromatic carbocycles. The van der Waals surface area contributed by atoms with Crippen LogP contribution in [0.4, 0.5) is 0 Å². The molecule has 2 aromatic rings. The van der Waals surface area contributed by atoms with Crippen LogP contribution in [-0.4, -0.2) is 25.8 Å². The molecule has 0 heterocycles. The van der Waals surface area contributed by atoms with Gasteiger partial charge in [-0.15, -0.1) is 0 Å². The summed E-state index contributed by atoms with van der Waals surface area (Å²) in [5.74, 6) is 1.03. The number of benzene rings is 2. The molecular weight excluding hydrogens is 280 g/mol. The highest BCUT2D eigenvalue weighted by Crippen LogP contribution is 2.16. The molecule has 0 radical (unpaired) electrons. The van der Waals surface area contributed by atoms with Gasteiger partial charge in [-0.1, -0.05) is 30.3 Å². The van der Waals surface area contributed by atoms with Crippen LogP contribution in [0.2, 0.25) is 0 Å². The number of rotatable bonds is 7. The van der Waals surface area contributed by atoms with Crippen LogP contribution in [0.15, 0.2) is 59.7 Å². The van der Waals surface area contributed by atoms with Crippen LogP contribution in [0.1, 0.15) is 5.56 Å². The van der Waals surface area contributed by atoms with Crippen LogP contribution in [-0.2, 0) is 11.2 Å². The van der Waals surface area contributed by atoms with Crippen molar-refractivity contribution in [3.63, 3.8) is 0 Å². The van der Waals surface area contributed by atoms with Crippen molar-refractivity contribution in [2.24, 2.45) is 5.10 Å². The monoisotopic (exact) mass is 298 g/mol. The zero-order chi connectivity index (χ0) is 15.6. The summed E-state index contributed by atoms with van der Waals surface area (Å²) in [5, 5.41) is 3.88. The summed E-state index contributed by atoms with van der Waals surface area (Å²) >= 11 is 0. The van der Waals surface area contributed by atoms with Crippen molar-refractivity contribution < 1.29 is 14.3 Å². The van der Waals surface area contributed by atoms with Crippen molar-refractivity contribution >= 4 is 12.1 Å². The predicted molar refractivity (Wildman–Crippen MR) is 85.3 cm³/mol. The minimum absolute atomic E-state index is 0.0883. The Morgan fingerprint density at radius 1 is 1.09 bits per heavy atom. The van der Waals surface area contributed by atoms with E-state index in [1.165, 1.54) is 0 Å². The number of ether oxygens (including phenoxy) is 2. The van der Waals surface area contributed by atoms with E-state index in [1.54, 1.807) is 37.6 Å². The fraction of sp³-hybridized carbons (Fsp3) is 0.176. The molecule has 0 aliphatic heterocycles. The molecule has 5 nitrogen and oxygen atoms in total. The Hall–Kier alpha value is -2.82. The van der Waals surface area contributed by atoms with Crippen LogP contribution < -0.4 is 14.9 Å². The summed E-state index contributed by atoms with van der Waals surface area (Å²) < 4.78 is 10.4. The van der Waals surface area contributed by atoms with Gasteiger partial charge in [0.1, 0.15) is 11.5 Å². The zero-order valence-corrected chi connectivity index (χ0v) is 12.4. The van der Waals surface area contributed by atoms with Gasteiger partial charge in [-0.05, 0) is 29.8 Å². The third kappa shape index (κ3) is 5.28. The molecule has 0 aliphatic carbocycles. The van der Waals surface area contributed by atoms with E-state index in [-0.39, 0.29) is 12.5 Å². The third-order valence-electron chi connectivity index (χ3n) is 2.88.